The van der Waals surface area contributed by atoms with E-state index in [9.17, 15) is 0 Å². The highest BCUT2D eigenvalue weighted by Crippen LogP contribution is 2.16. The third-order valence-electron chi connectivity index (χ3n) is 2.73. The number of anilines is 1. The average molecular weight is 236 g/mol. The molecule has 0 bridgehead atoms. The largest absolute Gasteiger partial charge is 0.383 e. The lowest BCUT2D eigenvalue weighted by molar-refractivity contribution is 1.13. The van der Waals surface area contributed by atoms with Crippen LogP contribution in [0.5, 0.6) is 0 Å². The van der Waals surface area contributed by atoms with Crippen molar-refractivity contribution in [3.05, 3.63) is 60.2 Å². The molecule has 3 rings (SSSR count). The number of nitrogens with two attached hydrogens (primary N) is 1. The van der Waals surface area contributed by atoms with E-state index >= 15 is 0 Å². The Morgan fingerprint density at radius 1 is 1.11 bits per heavy atom. The van der Waals surface area contributed by atoms with Gasteiger partial charge in [0.05, 0.1) is 6.20 Å². The number of imidazole rings is 1. The van der Waals surface area contributed by atoms with Gasteiger partial charge in [0.1, 0.15) is 11.5 Å². The van der Waals surface area contributed by atoms with Gasteiger partial charge in [0.25, 0.3) is 0 Å². The van der Waals surface area contributed by atoms with Crippen molar-refractivity contribution in [3.63, 3.8) is 0 Å². The van der Waals surface area contributed by atoms with Crippen LogP contribution in [0.25, 0.3) is 17.8 Å². The third-order valence-corrected chi connectivity index (χ3v) is 2.73. The Labute approximate surface area is 104 Å². The molecule has 0 saturated carbocycles. The Balaban J connectivity index is 2.00. The van der Waals surface area contributed by atoms with Crippen LogP contribution in [0.4, 0.5) is 5.82 Å². The summed E-state index contributed by atoms with van der Waals surface area (Å²) in [4.78, 5) is 8.44. The summed E-state index contributed by atoms with van der Waals surface area (Å²) in [5.41, 5.74) is 8.65. The molecule has 0 fully saturated rings. The van der Waals surface area contributed by atoms with Gasteiger partial charge in [-0.1, -0.05) is 36.4 Å². The molecular formula is C14H12N4. The summed E-state index contributed by atoms with van der Waals surface area (Å²) < 4.78 is 1.82. The van der Waals surface area contributed by atoms with Crippen LogP contribution in [-0.2, 0) is 0 Å². The molecule has 4 nitrogen and oxygen atoms in total. The van der Waals surface area contributed by atoms with E-state index in [0.29, 0.717) is 5.82 Å². The zero-order chi connectivity index (χ0) is 12.4. The van der Waals surface area contributed by atoms with Crippen molar-refractivity contribution in [3.8, 4) is 0 Å². The molecule has 0 unspecified atom stereocenters. The van der Waals surface area contributed by atoms with Crippen LogP contribution in [-0.4, -0.2) is 14.4 Å². The second-order valence-corrected chi connectivity index (χ2v) is 3.93. The lowest BCUT2D eigenvalue weighted by Gasteiger charge is -1.94. The summed E-state index contributed by atoms with van der Waals surface area (Å²) in [6.07, 6.45) is 9.09. The minimum atomic E-state index is 0.625. The highest BCUT2D eigenvalue weighted by molar-refractivity contribution is 5.74. The van der Waals surface area contributed by atoms with Crippen molar-refractivity contribution >= 4 is 23.6 Å². The molecular weight excluding hydrogens is 224 g/mol. The topological polar surface area (TPSA) is 56.2 Å². The van der Waals surface area contributed by atoms with Crippen molar-refractivity contribution in [1.29, 1.82) is 0 Å². The zero-order valence-corrected chi connectivity index (χ0v) is 9.69. The predicted octanol–water partition coefficient (Wildman–Crippen LogP) is 2.48. The minimum Gasteiger partial charge on any atom is -0.383 e. The van der Waals surface area contributed by atoms with Crippen LogP contribution in [0.2, 0.25) is 0 Å². The average Bonchev–Trinajstić information content (AvgIpc) is 2.75. The number of fused-ring (bicyclic) bond motifs is 1. The number of aromatic nitrogens is 3. The number of benzene rings is 1. The van der Waals surface area contributed by atoms with Gasteiger partial charge in [-0.25, -0.2) is 4.98 Å². The van der Waals surface area contributed by atoms with E-state index in [1.807, 2.05) is 46.9 Å². The summed E-state index contributed by atoms with van der Waals surface area (Å²) in [6.45, 7) is 0. The van der Waals surface area contributed by atoms with Crippen LogP contribution in [0.3, 0.4) is 0 Å². The van der Waals surface area contributed by atoms with E-state index in [1.54, 1.807) is 18.6 Å². The van der Waals surface area contributed by atoms with Crippen molar-refractivity contribution in [2.45, 2.75) is 0 Å². The number of nitrogen functional groups attached to an aromatic ring is 1. The fourth-order valence-corrected chi connectivity index (χ4v) is 1.81. The zero-order valence-electron chi connectivity index (χ0n) is 9.69. The smallest absolute Gasteiger partial charge is 0.157 e. The number of hydrogen-bond acceptors (Lipinski definition) is 3. The van der Waals surface area contributed by atoms with Gasteiger partial charge in [0, 0.05) is 12.4 Å². The maximum absolute atomic E-state index is 6.02. The molecule has 0 aliphatic carbocycles. The van der Waals surface area contributed by atoms with E-state index < -0.39 is 0 Å². The number of hydrogen-bond donors (Lipinski definition) is 1. The molecule has 0 saturated heterocycles. The lowest BCUT2D eigenvalue weighted by Crippen LogP contribution is -1.93. The summed E-state index contributed by atoms with van der Waals surface area (Å²) in [7, 11) is 0. The summed E-state index contributed by atoms with van der Waals surface area (Å²) in [6, 6.07) is 10.0. The molecule has 0 radical (unpaired) electrons. The van der Waals surface area contributed by atoms with Gasteiger partial charge in [-0.05, 0) is 11.6 Å². The minimum absolute atomic E-state index is 0.625. The van der Waals surface area contributed by atoms with Gasteiger partial charge in [0.15, 0.2) is 5.65 Å². The monoisotopic (exact) mass is 236 g/mol. The van der Waals surface area contributed by atoms with Gasteiger partial charge < -0.3 is 5.73 Å². The van der Waals surface area contributed by atoms with Gasteiger partial charge >= 0.3 is 0 Å². The Hall–Kier alpha value is -2.62. The van der Waals surface area contributed by atoms with Crippen LogP contribution >= 0.6 is 0 Å². The molecule has 88 valence electrons. The van der Waals surface area contributed by atoms with Crippen LogP contribution in [0.1, 0.15) is 11.3 Å². The fourth-order valence-electron chi connectivity index (χ4n) is 1.81. The molecule has 1 aromatic carbocycles. The quantitative estimate of drug-likeness (QED) is 0.743. The van der Waals surface area contributed by atoms with Crippen LogP contribution in [0.15, 0.2) is 48.9 Å². The first kappa shape index (κ1) is 10.5. The van der Waals surface area contributed by atoms with E-state index in [4.69, 9.17) is 5.73 Å². The molecule has 2 heterocycles. The summed E-state index contributed by atoms with van der Waals surface area (Å²) in [5.74, 6) is 0.625. The molecule has 2 aromatic heterocycles. The molecule has 4 heteroatoms. The first-order chi connectivity index (χ1) is 8.84. The Kier molecular flexibility index (Phi) is 2.53. The highest BCUT2D eigenvalue weighted by atomic mass is 15.1. The van der Waals surface area contributed by atoms with E-state index in [1.165, 1.54) is 0 Å². The van der Waals surface area contributed by atoms with Gasteiger partial charge in [-0.15, -0.1) is 0 Å². The third kappa shape index (κ3) is 1.84. The second-order valence-electron chi connectivity index (χ2n) is 3.93. The van der Waals surface area contributed by atoms with Gasteiger partial charge in [-0.3, -0.25) is 9.38 Å². The Bertz CT molecular complexity index is 698. The normalized spacial score (nSPS) is 11.3. The second kappa shape index (κ2) is 4.33. The first-order valence-electron chi connectivity index (χ1n) is 5.65. The van der Waals surface area contributed by atoms with E-state index in [2.05, 4.69) is 9.97 Å². The van der Waals surface area contributed by atoms with Crippen molar-refractivity contribution in [1.82, 2.24) is 14.4 Å². The molecule has 0 aliphatic rings. The van der Waals surface area contributed by atoms with Gasteiger partial charge in [-0.2, -0.15) is 0 Å². The molecule has 3 aromatic rings. The maximum Gasteiger partial charge on any atom is 0.157 e. The SMILES string of the molecule is Nc1c(/C=C/c2ccccc2)nc2cnccn12. The standard InChI is InChI=1S/C14H12N4/c15-14-12(7-6-11-4-2-1-3-5-11)17-13-10-16-8-9-18(13)14/h1-10H,15H2/b7-6+. The first-order valence-corrected chi connectivity index (χ1v) is 5.65. The Morgan fingerprint density at radius 2 is 1.94 bits per heavy atom. The maximum atomic E-state index is 6.02. The van der Waals surface area contributed by atoms with Crippen LogP contribution < -0.4 is 5.73 Å². The van der Waals surface area contributed by atoms with Crippen LogP contribution in [0, 0.1) is 0 Å². The molecule has 0 amide bonds. The van der Waals surface area contributed by atoms with Gasteiger partial charge in [0.2, 0.25) is 0 Å². The molecule has 0 spiro atoms. The molecule has 2 N–H and O–H groups in total. The fraction of sp³-hybridized carbons (Fsp3) is 0. The van der Waals surface area contributed by atoms with E-state index in [-0.39, 0.29) is 0 Å². The van der Waals surface area contributed by atoms with E-state index in [0.717, 1.165) is 16.9 Å². The summed E-state index contributed by atoms with van der Waals surface area (Å²) in [5, 5.41) is 0. The molecule has 18 heavy (non-hydrogen) atoms. The predicted molar refractivity (Wildman–Crippen MR) is 72.8 cm³/mol. The molecule has 0 atom stereocenters. The van der Waals surface area contributed by atoms with Crippen molar-refractivity contribution < 1.29 is 0 Å². The lowest BCUT2D eigenvalue weighted by atomic mass is 10.2. The van der Waals surface area contributed by atoms with Crippen molar-refractivity contribution in [2.75, 3.05) is 5.73 Å². The Morgan fingerprint density at radius 3 is 2.72 bits per heavy atom. The highest BCUT2D eigenvalue weighted by Gasteiger charge is 2.05. The number of nitrogens with zero attached hydrogens (tertiary/aromatic N) is 3. The number of rotatable bonds is 2. The molecule has 0 aliphatic heterocycles. The summed E-state index contributed by atoms with van der Waals surface area (Å²) >= 11 is 0. The van der Waals surface area contributed by atoms with Crippen molar-refractivity contribution in [2.24, 2.45) is 0 Å².